The van der Waals surface area contributed by atoms with Crippen LogP contribution in [0.5, 0.6) is 5.75 Å². The van der Waals surface area contributed by atoms with Gasteiger partial charge in [-0.05, 0) is 27.9 Å². The minimum absolute atomic E-state index is 0.0700. The van der Waals surface area contributed by atoms with Crippen molar-refractivity contribution in [2.75, 3.05) is 6.54 Å². The maximum Gasteiger partial charge on any atom is 0.153 e. The number of rotatable bonds is 2. The zero-order chi connectivity index (χ0) is 16.9. The van der Waals surface area contributed by atoms with Gasteiger partial charge in [-0.1, -0.05) is 41.9 Å². The minimum Gasteiger partial charge on any atom is -0.480 e. The molecule has 0 amide bonds. The van der Waals surface area contributed by atoms with Gasteiger partial charge in [-0.15, -0.1) is 0 Å². The first-order valence-corrected chi connectivity index (χ1v) is 9.01. The van der Waals surface area contributed by atoms with Gasteiger partial charge < -0.3 is 15.2 Å². The van der Waals surface area contributed by atoms with Crippen LogP contribution in [0.4, 0.5) is 4.39 Å². The van der Waals surface area contributed by atoms with E-state index in [0.717, 1.165) is 11.1 Å². The van der Waals surface area contributed by atoms with Crippen molar-refractivity contribution in [3.05, 3.63) is 62.8 Å². The molecule has 6 heteroatoms. The van der Waals surface area contributed by atoms with Gasteiger partial charge in [0.2, 0.25) is 0 Å². The van der Waals surface area contributed by atoms with Crippen LogP contribution in [0.1, 0.15) is 17.5 Å². The van der Waals surface area contributed by atoms with E-state index in [4.69, 9.17) is 16.3 Å². The van der Waals surface area contributed by atoms with Gasteiger partial charge in [-0.2, -0.15) is 0 Å². The Kier molecular flexibility index (Phi) is 4.07. The van der Waals surface area contributed by atoms with Crippen molar-refractivity contribution in [3.8, 4) is 5.75 Å². The lowest BCUT2D eigenvalue weighted by molar-refractivity contribution is 0.0486. The predicted octanol–water partition coefficient (Wildman–Crippen LogP) is 3.79. The molecule has 3 nitrogen and oxygen atoms in total. The smallest absolute Gasteiger partial charge is 0.153 e. The minimum atomic E-state index is -0.694. The maximum atomic E-state index is 14.0. The molecular formula is C18H16BrClFNO2. The van der Waals surface area contributed by atoms with Gasteiger partial charge in [0.25, 0.3) is 0 Å². The summed E-state index contributed by atoms with van der Waals surface area (Å²) in [7, 11) is 0. The highest BCUT2D eigenvalue weighted by Crippen LogP contribution is 2.49. The molecule has 1 saturated heterocycles. The highest BCUT2D eigenvalue weighted by molar-refractivity contribution is 9.10. The van der Waals surface area contributed by atoms with E-state index in [1.54, 1.807) is 0 Å². The summed E-state index contributed by atoms with van der Waals surface area (Å²) in [5.41, 5.74) is 1.16. The molecule has 0 unspecified atom stereocenters. The van der Waals surface area contributed by atoms with E-state index >= 15 is 0 Å². The van der Waals surface area contributed by atoms with Gasteiger partial charge in [0, 0.05) is 29.1 Å². The molecule has 1 fully saturated rings. The van der Waals surface area contributed by atoms with Crippen molar-refractivity contribution in [1.82, 2.24) is 5.32 Å². The standard InChI is InChI=1S/C18H16BrClFNO2/c19-16-12-8-18(10-4-2-1-3-5-10,15-6-11(23)9-22-15)24-14(12)7-13(21)17(16)20/h1-5,7,11,15,22-23H,6,8-9H2/t11-,15+,18+/m1/s1. The largest absolute Gasteiger partial charge is 0.480 e. The van der Waals surface area contributed by atoms with E-state index in [1.165, 1.54) is 6.07 Å². The highest BCUT2D eigenvalue weighted by atomic mass is 79.9. The SMILES string of the molecule is O[C@H]1CN[C@H]([C@@]2(c3ccccc3)Cc3c(cc(F)c(Cl)c3Br)O2)C1. The first kappa shape index (κ1) is 16.3. The molecule has 0 spiro atoms. The molecule has 0 aliphatic carbocycles. The van der Waals surface area contributed by atoms with Crippen LogP contribution in [0, 0.1) is 5.82 Å². The molecule has 0 radical (unpaired) electrons. The lowest BCUT2D eigenvalue weighted by Crippen LogP contribution is -2.48. The number of fused-ring (bicyclic) bond motifs is 1. The average molecular weight is 413 g/mol. The Morgan fingerprint density at radius 3 is 2.75 bits per heavy atom. The molecule has 3 atom stereocenters. The number of hydrogen-bond donors (Lipinski definition) is 2. The van der Waals surface area contributed by atoms with Crippen LogP contribution in [0.25, 0.3) is 0 Å². The summed E-state index contributed by atoms with van der Waals surface area (Å²) < 4.78 is 20.9. The van der Waals surface area contributed by atoms with Crippen molar-refractivity contribution in [2.24, 2.45) is 0 Å². The molecule has 0 bridgehead atoms. The van der Waals surface area contributed by atoms with E-state index in [-0.39, 0.29) is 11.1 Å². The van der Waals surface area contributed by atoms with E-state index in [1.807, 2.05) is 30.3 Å². The first-order chi connectivity index (χ1) is 11.5. The fourth-order valence-electron chi connectivity index (χ4n) is 3.71. The summed E-state index contributed by atoms with van der Waals surface area (Å²) in [5.74, 6) is -0.0126. The lowest BCUT2D eigenvalue weighted by atomic mass is 9.81. The number of nitrogens with one attached hydrogen (secondary N) is 1. The van der Waals surface area contributed by atoms with Gasteiger partial charge >= 0.3 is 0 Å². The molecule has 2 heterocycles. The summed E-state index contributed by atoms with van der Waals surface area (Å²) in [6.45, 7) is 0.523. The Bertz CT molecular complexity index is 788. The van der Waals surface area contributed by atoms with Gasteiger partial charge in [0.1, 0.15) is 11.6 Å². The third-order valence-electron chi connectivity index (χ3n) is 4.89. The Morgan fingerprint density at radius 2 is 2.08 bits per heavy atom. The summed E-state index contributed by atoms with van der Waals surface area (Å²) in [6.07, 6.45) is 0.722. The molecule has 2 aromatic carbocycles. The van der Waals surface area contributed by atoms with E-state index < -0.39 is 17.5 Å². The second kappa shape index (κ2) is 5.99. The molecule has 126 valence electrons. The van der Waals surface area contributed by atoms with E-state index in [9.17, 15) is 9.50 Å². The second-order valence-electron chi connectivity index (χ2n) is 6.35. The van der Waals surface area contributed by atoms with E-state index in [0.29, 0.717) is 29.6 Å². The van der Waals surface area contributed by atoms with Crippen molar-refractivity contribution in [1.29, 1.82) is 0 Å². The van der Waals surface area contributed by atoms with Crippen LogP contribution in [0.2, 0.25) is 5.02 Å². The number of benzene rings is 2. The number of aliphatic hydroxyl groups excluding tert-OH is 1. The third kappa shape index (κ3) is 2.46. The quantitative estimate of drug-likeness (QED) is 0.737. The van der Waals surface area contributed by atoms with Crippen LogP contribution in [-0.2, 0) is 12.0 Å². The van der Waals surface area contributed by atoms with Crippen LogP contribution in [0.3, 0.4) is 0 Å². The van der Waals surface area contributed by atoms with Crippen LogP contribution >= 0.6 is 27.5 Å². The molecule has 0 saturated carbocycles. The van der Waals surface area contributed by atoms with Gasteiger partial charge in [-0.25, -0.2) is 4.39 Å². The van der Waals surface area contributed by atoms with Gasteiger partial charge in [-0.3, -0.25) is 0 Å². The molecular weight excluding hydrogens is 397 g/mol. The Balaban J connectivity index is 1.83. The highest BCUT2D eigenvalue weighted by Gasteiger charge is 2.50. The number of β-amino-alcohol motifs (C(OH)–C–C–N with tert-alkyl or cyclic N) is 1. The molecule has 0 aromatic heterocycles. The predicted molar refractivity (Wildman–Crippen MR) is 94.0 cm³/mol. The molecule has 4 rings (SSSR count). The summed E-state index contributed by atoms with van der Waals surface area (Å²) in [5, 5.41) is 13.4. The fraction of sp³-hybridized carbons (Fsp3) is 0.333. The summed E-state index contributed by atoms with van der Waals surface area (Å²) >= 11 is 9.46. The number of ether oxygens (including phenoxy) is 1. The fourth-order valence-corrected chi connectivity index (χ4v) is 4.40. The number of hydrogen-bond acceptors (Lipinski definition) is 3. The lowest BCUT2D eigenvalue weighted by Gasteiger charge is -2.35. The van der Waals surface area contributed by atoms with Crippen LogP contribution < -0.4 is 10.1 Å². The molecule has 2 aliphatic rings. The summed E-state index contributed by atoms with van der Waals surface area (Å²) in [6, 6.07) is 11.1. The average Bonchev–Trinajstić information content (AvgIpc) is 3.18. The van der Waals surface area contributed by atoms with Crippen LogP contribution in [0.15, 0.2) is 40.9 Å². The normalized spacial score (nSPS) is 28.7. The Morgan fingerprint density at radius 1 is 1.33 bits per heavy atom. The van der Waals surface area contributed by atoms with Gasteiger partial charge in [0.05, 0.1) is 17.2 Å². The topological polar surface area (TPSA) is 41.5 Å². The van der Waals surface area contributed by atoms with Crippen LogP contribution in [-0.4, -0.2) is 23.8 Å². The number of halogens is 3. The second-order valence-corrected chi connectivity index (χ2v) is 7.52. The molecule has 2 aliphatic heterocycles. The zero-order valence-electron chi connectivity index (χ0n) is 12.7. The van der Waals surface area contributed by atoms with Crippen molar-refractivity contribution in [3.63, 3.8) is 0 Å². The molecule has 2 aromatic rings. The zero-order valence-corrected chi connectivity index (χ0v) is 15.1. The number of aliphatic hydroxyl groups is 1. The molecule has 2 N–H and O–H groups in total. The van der Waals surface area contributed by atoms with E-state index in [2.05, 4.69) is 21.2 Å². The third-order valence-corrected chi connectivity index (χ3v) is 6.36. The molecule has 24 heavy (non-hydrogen) atoms. The summed E-state index contributed by atoms with van der Waals surface area (Å²) in [4.78, 5) is 0. The van der Waals surface area contributed by atoms with Crippen molar-refractivity contribution >= 4 is 27.5 Å². The first-order valence-electron chi connectivity index (χ1n) is 7.83. The van der Waals surface area contributed by atoms with Crippen molar-refractivity contribution in [2.45, 2.75) is 30.6 Å². The monoisotopic (exact) mass is 411 g/mol. The maximum absolute atomic E-state index is 14.0. The van der Waals surface area contributed by atoms with Crippen molar-refractivity contribution < 1.29 is 14.2 Å². The van der Waals surface area contributed by atoms with Gasteiger partial charge in [0.15, 0.2) is 5.60 Å². The Hall–Kier alpha value is -1.14. The Labute approximate surface area is 152 Å².